The fraction of sp³-hybridized carbons (Fsp3) is 0.250. The van der Waals surface area contributed by atoms with Crippen molar-refractivity contribution in [3.63, 3.8) is 0 Å². The van der Waals surface area contributed by atoms with E-state index < -0.39 is 0 Å². The maximum Gasteiger partial charge on any atom is -0.0114 e. The summed E-state index contributed by atoms with van der Waals surface area (Å²) in [4.78, 5) is 0. The van der Waals surface area contributed by atoms with Crippen molar-refractivity contribution in [3.8, 4) is 22.3 Å². The molecule has 0 aliphatic heterocycles. The molecule has 1 unspecified atom stereocenters. The van der Waals surface area contributed by atoms with Gasteiger partial charge in [0.25, 0.3) is 0 Å². The summed E-state index contributed by atoms with van der Waals surface area (Å²) >= 11 is 0. The summed E-state index contributed by atoms with van der Waals surface area (Å²) in [5.74, 6) is 0.560. The van der Waals surface area contributed by atoms with Crippen molar-refractivity contribution in [2.75, 3.05) is 0 Å². The Morgan fingerprint density at radius 2 is 1.42 bits per heavy atom. The number of rotatable bonds is 4. The molecule has 3 aromatic rings. The third kappa shape index (κ3) is 3.01. The van der Waals surface area contributed by atoms with Crippen LogP contribution in [0.1, 0.15) is 42.9 Å². The monoisotopic (exact) mass is 314 g/mol. The van der Waals surface area contributed by atoms with Gasteiger partial charge < -0.3 is 0 Å². The topological polar surface area (TPSA) is 0 Å². The molecular weight excluding hydrogens is 288 g/mol. The Kier molecular flexibility index (Phi) is 4.85. The minimum Gasteiger partial charge on any atom is -0.0648 e. The molecule has 0 fully saturated rings. The highest BCUT2D eigenvalue weighted by Gasteiger charge is 2.16. The smallest absolute Gasteiger partial charge is 0.0114 e. The van der Waals surface area contributed by atoms with Crippen LogP contribution in [0.2, 0.25) is 0 Å². The van der Waals surface area contributed by atoms with Crippen LogP contribution < -0.4 is 0 Å². The first-order chi connectivity index (χ1) is 11.6. The average molecular weight is 314 g/mol. The molecule has 0 saturated carbocycles. The minimum absolute atomic E-state index is 0.560. The number of benzene rings is 3. The lowest BCUT2D eigenvalue weighted by Crippen LogP contribution is -2.00. The zero-order valence-corrected chi connectivity index (χ0v) is 15.1. The molecule has 0 N–H and O–H groups in total. The van der Waals surface area contributed by atoms with E-state index in [0.717, 1.165) is 6.42 Å². The first-order valence-electron chi connectivity index (χ1n) is 8.88. The Labute approximate surface area is 146 Å². The van der Waals surface area contributed by atoms with E-state index >= 15 is 0 Å². The van der Waals surface area contributed by atoms with Crippen LogP contribution in [-0.4, -0.2) is 0 Å². The number of hydrogen-bond donors (Lipinski definition) is 0. The highest BCUT2D eigenvalue weighted by atomic mass is 14.2. The molecule has 122 valence electrons. The second-order valence-electron chi connectivity index (χ2n) is 6.69. The first-order valence-corrected chi connectivity index (χ1v) is 8.88. The molecule has 0 nitrogen and oxygen atoms in total. The quantitative estimate of drug-likeness (QED) is 0.479. The molecule has 3 rings (SSSR count). The van der Waals surface area contributed by atoms with Gasteiger partial charge >= 0.3 is 0 Å². The Balaban J connectivity index is 2.28. The van der Waals surface area contributed by atoms with Gasteiger partial charge in [-0.1, -0.05) is 80.6 Å². The van der Waals surface area contributed by atoms with Crippen LogP contribution in [0.5, 0.6) is 0 Å². The van der Waals surface area contributed by atoms with Crippen LogP contribution in [-0.2, 0) is 0 Å². The normalized spacial score (nSPS) is 12.2. The van der Waals surface area contributed by atoms with Crippen molar-refractivity contribution in [2.45, 2.75) is 40.0 Å². The van der Waals surface area contributed by atoms with E-state index in [9.17, 15) is 0 Å². The molecule has 0 spiro atoms. The predicted octanol–water partition coefficient (Wildman–Crippen LogP) is 7.15. The second kappa shape index (κ2) is 7.05. The molecule has 0 bridgehead atoms. The van der Waals surface area contributed by atoms with Crippen LogP contribution >= 0.6 is 0 Å². The summed E-state index contributed by atoms with van der Waals surface area (Å²) < 4.78 is 0. The Hall–Kier alpha value is -2.34. The van der Waals surface area contributed by atoms with Crippen molar-refractivity contribution in [2.24, 2.45) is 0 Å². The van der Waals surface area contributed by atoms with Crippen LogP contribution in [0.3, 0.4) is 0 Å². The molecule has 0 aromatic heterocycles. The van der Waals surface area contributed by atoms with Crippen LogP contribution in [0.25, 0.3) is 22.3 Å². The van der Waals surface area contributed by atoms with E-state index in [1.165, 1.54) is 38.9 Å². The lowest BCUT2D eigenvalue weighted by molar-refractivity contribution is 0.735. The molecule has 1 atom stereocenters. The third-order valence-corrected chi connectivity index (χ3v) is 5.14. The van der Waals surface area contributed by atoms with Gasteiger partial charge in [-0.25, -0.2) is 0 Å². The maximum atomic E-state index is 2.34. The van der Waals surface area contributed by atoms with Gasteiger partial charge in [-0.3, -0.25) is 0 Å². The summed E-state index contributed by atoms with van der Waals surface area (Å²) in [7, 11) is 0. The van der Waals surface area contributed by atoms with Crippen LogP contribution in [0.15, 0.2) is 66.7 Å². The SMILES string of the molecule is CCC(C)c1ccc(-c2ccccc2C)c(C)c1-c1ccccc1. The fourth-order valence-electron chi connectivity index (χ4n) is 3.52. The standard InChI is InChI=1S/C24H26/c1-5-17(2)22-15-16-23(21-14-10-9-11-18(21)3)19(4)24(22)20-12-7-6-8-13-20/h6-17H,5H2,1-4H3. The molecule has 0 radical (unpaired) electrons. The lowest BCUT2D eigenvalue weighted by Gasteiger charge is -2.21. The maximum absolute atomic E-state index is 2.34. The fourth-order valence-corrected chi connectivity index (χ4v) is 3.52. The zero-order chi connectivity index (χ0) is 17.1. The van der Waals surface area contributed by atoms with Gasteiger partial charge in [0.15, 0.2) is 0 Å². The van der Waals surface area contributed by atoms with Crippen molar-refractivity contribution < 1.29 is 0 Å². The van der Waals surface area contributed by atoms with Crippen molar-refractivity contribution in [1.82, 2.24) is 0 Å². The van der Waals surface area contributed by atoms with Crippen molar-refractivity contribution in [1.29, 1.82) is 0 Å². The van der Waals surface area contributed by atoms with Crippen molar-refractivity contribution in [3.05, 3.63) is 83.4 Å². The molecule has 0 heterocycles. The third-order valence-electron chi connectivity index (χ3n) is 5.14. The highest BCUT2D eigenvalue weighted by Crippen LogP contribution is 2.39. The zero-order valence-electron chi connectivity index (χ0n) is 15.1. The summed E-state index contributed by atoms with van der Waals surface area (Å²) in [6.45, 7) is 9.06. The van der Waals surface area contributed by atoms with E-state index in [4.69, 9.17) is 0 Å². The van der Waals surface area contributed by atoms with Crippen molar-refractivity contribution >= 4 is 0 Å². The van der Waals surface area contributed by atoms with E-state index in [0.29, 0.717) is 5.92 Å². The van der Waals surface area contributed by atoms with E-state index in [-0.39, 0.29) is 0 Å². The summed E-state index contributed by atoms with van der Waals surface area (Å²) in [5, 5.41) is 0. The van der Waals surface area contributed by atoms with Gasteiger partial charge in [0.1, 0.15) is 0 Å². The van der Waals surface area contributed by atoms with Gasteiger partial charge in [-0.15, -0.1) is 0 Å². The summed E-state index contributed by atoms with van der Waals surface area (Å²) in [6, 6.07) is 24.1. The Bertz CT molecular complexity index is 828. The highest BCUT2D eigenvalue weighted by molar-refractivity contribution is 5.82. The van der Waals surface area contributed by atoms with E-state index in [2.05, 4.69) is 94.4 Å². The van der Waals surface area contributed by atoms with E-state index in [1.54, 1.807) is 0 Å². The molecule has 0 saturated heterocycles. The van der Waals surface area contributed by atoms with E-state index in [1.807, 2.05) is 0 Å². The van der Waals surface area contributed by atoms with Gasteiger partial charge in [0.05, 0.1) is 0 Å². The second-order valence-corrected chi connectivity index (χ2v) is 6.69. The van der Waals surface area contributed by atoms with Gasteiger partial charge in [-0.05, 0) is 65.1 Å². The Morgan fingerprint density at radius 1 is 0.750 bits per heavy atom. The van der Waals surface area contributed by atoms with Crippen LogP contribution in [0, 0.1) is 13.8 Å². The largest absolute Gasteiger partial charge is 0.0648 e. The minimum atomic E-state index is 0.560. The summed E-state index contributed by atoms with van der Waals surface area (Å²) in [6.07, 6.45) is 1.16. The molecular formula is C24H26. The molecule has 3 aromatic carbocycles. The lowest BCUT2D eigenvalue weighted by atomic mass is 9.83. The number of hydrogen-bond acceptors (Lipinski definition) is 0. The predicted molar refractivity (Wildman–Crippen MR) is 105 cm³/mol. The molecule has 24 heavy (non-hydrogen) atoms. The number of aryl methyl sites for hydroxylation is 1. The van der Waals surface area contributed by atoms with Gasteiger partial charge in [0, 0.05) is 0 Å². The average Bonchev–Trinajstić information content (AvgIpc) is 2.62. The molecule has 0 amide bonds. The molecule has 0 aliphatic carbocycles. The van der Waals surface area contributed by atoms with Gasteiger partial charge in [0.2, 0.25) is 0 Å². The summed E-state index contributed by atoms with van der Waals surface area (Å²) in [5.41, 5.74) is 9.58. The first kappa shape index (κ1) is 16.5. The molecule has 0 aliphatic rings. The van der Waals surface area contributed by atoms with Gasteiger partial charge in [-0.2, -0.15) is 0 Å². The Morgan fingerprint density at radius 3 is 2.08 bits per heavy atom. The van der Waals surface area contributed by atoms with Crippen LogP contribution in [0.4, 0.5) is 0 Å². The molecule has 0 heteroatoms.